The lowest BCUT2D eigenvalue weighted by atomic mass is 10.2. The molecule has 3 aromatic heterocycles. The number of rotatable bonds is 6. The van der Waals surface area contributed by atoms with Gasteiger partial charge >= 0.3 is 24.0 Å². The molecule has 3 aromatic carbocycles. The molecule has 1 aliphatic rings. The molecule has 1 aliphatic heterocycles. The van der Waals surface area contributed by atoms with E-state index >= 15 is 0 Å². The van der Waals surface area contributed by atoms with Gasteiger partial charge < -0.3 is 37.8 Å². The van der Waals surface area contributed by atoms with E-state index in [9.17, 15) is 19.2 Å². The number of nitrogens with one attached hydrogen (secondary N) is 2. The maximum Gasteiger partial charge on any atom is 0.481 e. The van der Waals surface area contributed by atoms with Crippen LogP contribution in [0.15, 0.2) is 74.1 Å². The van der Waals surface area contributed by atoms with Crippen molar-refractivity contribution >= 4 is 134 Å². The number of imide groups is 1. The Labute approximate surface area is 372 Å². The van der Waals surface area contributed by atoms with E-state index in [-0.39, 0.29) is 12.3 Å². The molecule has 61 heavy (non-hydrogen) atoms. The summed E-state index contributed by atoms with van der Waals surface area (Å²) in [6, 6.07) is 16.3. The third kappa shape index (κ3) is 16.2. The minimum atomic E-state index is -1.09. The molecule has 0 aliphatic carbocycles. The lowest BCUT2D eigenvalue weighted by Gasteiger charge is -2.24. The van der Waals surface area contributed by atoms with Crippen molar-refractivity contribution in [1.82, 2.24) is 34.7 Å². The van der Waals surface area contributed by atoms with Gasteiger partial charge in [0.1, 0.15) is 0 Å². The van der Waals surface area contributed by atoms with Crippen LogP contribution in [0.2, 0.25) is 0 Å². The van der Waals surface area contributed by atoms with E-state index in [0.29, 0.717) is 37.2 Å². The summed E-state index contributed by atoms with van der Waals surface area (Å²) in [7, 11) is 5.56. The van der Waals surface area contributed by atoms with Crippen molar-refractivity contribution < 1.29 is 44.1 Å². The number of nitrogen functional groups attached to an aromatic ring is 1. The second kappa shape index (κ2) is 23.8. The minimum absolute atomic E-state index is 0.0780. The van der Waals surface area contributed by atoms with E-state index in [1.807, 2.05) is 75.7 Å². The summed E-state index contributed by atoms with van der Waals surface area (Å²) >= 11 is 10.2. The highest BCUT2D eigenvalue weighted by Gasteiger charge is 2.27. The van der Waals surface area contributed by atoms with E-state index < -0.39 is 30.0 Å². The number of carboxylic acids is 3. The second-order valence-electron chi connectivity index (χ2n) is 12.2. The highest BCUT2D eigenvalue weighted by molar-refractivity contribution is 9.11. The first-order valence-electron chi connectivity index (χ1n) is 17.3. The van der Waals surface area contributed by atoms with Gasteiger partial charge in [0.2, 0.25) is 12.0 Å². The van der Waals surface area contributed by atoms with Gasteiger partial charge in [-0.05, 0) is 54.6 Å². The summed E-state index contributed by atoms with van der Waals surface area (Å²) < 4.78 is 8.24. The summed E-state index contributed by atoms with van der Waals surface area (Å²) in [6.45, 7) is 6.26. The normalized spacial score (nSPS) is 11.4. The fourth-order valence-corrected chi connectivity index (χ4v) is 6.13. The van der Waals surface area contributed by atoms with Crippen molar-refractivity contribution in [3.63, 3.8) is 0 Å². The van der Waals surface area contributed by atoms with E-state index in [2.05, 4.69) is 91.8 Å². The lowest BCUT2D eigenvalue weighted by Crippen LogP contribution is -2.49. The van der Waals surface area contributed by atoms with Crippen LogP contribution in [0.5, 0.6) is 0 Å². The molecule has 21 nitrogen and oxygen atoms in total. The zero-order chi connectivity index (χ0) is 46.1. The molecule has 6 aromatic rings. The first-order valence-corrected chi connectivity index (χ1v) is 19.7. The number of carboxylic acid groups (broad SMARTS) is 3. The Morgan fingerprint density at radius 1 is 0.803 bits per heavy atom. The van der Waals surface area contributed by atoms with Gasteiger partial charge in [-0.2, -0.15) is 15.3 Å². The highest BCUT2D eigenvalue weighted by atomic mass is 79.9. The molecule has 0 unspecified atom stereocenters. The number of nitrogens with zero attached hydrogens (tertiary/aromatic N) is 7. The summed E-state index contributed by atoms with van der Waals surface area (Å²) in [5, 5.41) is 44.5. The number of hydrogen-bond donors (Lipinski definition) is 8. The lowest BCUT2D eigenvalue weighted by molar-refractivity contribution is -0.137. The molecule has 0 bridgehead atoms. The van der Waals surface area contributed by atoms with Crippen LogP contribution >= 0.6 is 47.8 Å². The van der Waals surface area contributed by atoms with Gasteiger partial charge in [-0.25, -0.2) is 9.59 Å². The molecule has 1 saturated heterocycles. The summed E-state index contributed by atoms with van der Waals surface area (Å²) in [4.78, 5) is 62.2. The number of hydrogen-bond acceptors (Lipinski definition) is 11. The molecule has 0 saturated carbocycles. The Morgan fingerprint density at radius 3 is 1.70 bits per heavy atom. The number of aryl methyl sites for hydroxylation is 3. The third-order valence-electron chi connectivity index (χ3n) is 7.53. The highest BCUT2D eigenvalue weighted by Crippen LogP contribution is 2.29. The summed E-state index contributed by atoms with van der Waals surface area (Å²) in [5.41, 5.74) is 17.1. The fourth-order valence-electron chi connectivity index (χ4n) is 5.08. The zero-order valence-corrected chi connectivity index (χ0v) is 37.7. The number of benzene rings is 3. The van der Waals surface area contributed by atoms with Crippen molar-refractivity contribution in [2.75, 3.05) is 29.0 Å². The van der Waals surface area contributed by atoms with Gasteiger partial charge in [0.15, 0.2) is 17.5 Å². The molecule has 24 heteroatoms. The largest absolute Gasteiger partial charge is 0.481 e. The molecule has 4 heterocycles. The van der Waals surface area contributed by atoms with Gasteiger partial charge in [0.25, 0.3) is 5.97 Å². The summed E-state index contributed by atoms with van der Waals surface area (Å²) in [6.07, 6.45) is 0.953. The maximum absolute atomic E-state index is 11.9. The molecule has 0 atom stereocenters. The molecule has 11 N–H and O–H groups in total. The van der Waals surface area contributed by atoms with Crippen molar-refractivity contribution in [2.24, 2.45) is 32.6 Å². The van der Waals surface area contributed by atoms with Crippen LogP contribution in [-0.4, -0.2) is 93.6 Å². The molecule has 0 spiro atoms. The second-order valence-corrected chi connectivity index (χ2v) is 14.9. The van der Waals surface area contributed by atoms with Crippen LogP contribution in [0.4, 0.5) is 27.0 Å². The Morgan fingerprint density at radius 2 is 1.23 bits per heavy atom. The molecule has 5 amide bonds. The van der Waals surface area contributed by atoms with Gasteiger partial charge in [-0.3, -0.25) is 38.6 Å². The van der Waals surface area contributed by atoms with Crippen molar-refractivity contribution in [3.8, 4) is 0 Å². The van der Waals surface area contributed by atoms with Crippen LogP contribution in [0.3, 0.4) is 0 Å². The number of nitrogens with two attached hydrogens (primary N) is 3. The predicted molar refractivity (Wildman–Crippen MR) is 239 cm³/mol. The van der Waals surface area contributed by atoms with Gasteiger partial charge in [0.05, 0.1) is 29.5 Å². The molecule has 1 fully saturated rings. The number of carbonyl (C=O) groups excluding carboxylic acids is 3. The van der Waals surface area contributed by atoms with Crippen molar-refractivity contribution in [1.29, 1.82) is 0 Å². The van der Waals surface area contributed by atoms with E-state index in [4.69, 9.17) is 30.6 Å². The third-order valence-corrected chi connectivity index (χ3v) is 9.01. The Kier molecular flexibility index (Phi) is 19.7. The monoisotopic (exact) mass is 1040 g/mol. The van der Waals surface area contributed by atoms with Gasteiger partial charge in [-0.15, -0.1) is 4.79 Å². The number of halogens is 3. The molecule has 324 valence electrons. The molecule has 0 radical (unpaired) electrons. The number of primary amides is 2. The van der Waals surface area contributed by atoms with Crippen molar-refractivity contribution in [3.05, 3.63) is 80.7 Å². The minimum Gasteiger partial charge on any atom is -0.481 e. The Hall–Kier alpha value is -6.62. The Balaban J connectivity index is 0.000000279. The smallest absolute Gasteiger partial charge is 0.481 e. The molecular weight excluding hydrogens is 996 g/mol. The number of urea groups is 2. The number of aliphatic carboxylic acids is 3. The maximum atomic E-state index is 11.9. The molecular formula is C37H42Br3N12O9+. The standard InChI is InChI=1S/C12H11BrN4O2.C11H12BrN3O2.C8H8BrN3.C3H2O2.C2H4O2.CH4N2O/c1-16-9-6-7(13)2-3-8(9)11(15-16)17-5-4-10(18)14-12(17)19;1-15-9-6-7(12)2-3-8(9)11(14-15)13-5-4-10(16)17;1-12-7-4-5(9)2-3-6(7)8(10)11-12;1-2-3(4)5;1-2(3)4;2-1(3)4/h2-3,6H,4-5H2,1H3,(H,14,18,19);2-3,6H,4-5H2,1H3,(H,13,14)(H,16,17);2-4H,1H3,(H2,10,11);1-2H;1H3,(H,3,4);(H4,2,3,4)/p+1. The van der Waals surface area contributed by atoms with Gasteiger partial charge in [0, 0.05) is 77.2 Å². The Bertz CT molecular complexity index is 2530. The SMILES string of the molecule is CC(=O)O.Cn1nc(N)c2ccc(Br)cc21.Cn1nc(N2CCC(=O)NC2=O)c2ccc(Br)cc21.Cn1nc(NCCC(=O)O)c2ccc(Br)cc21.NC(N)=O.[CH+]=CC(=O)O. The van der Waals surface area contributed by atoms with E-state index in [1.54, 1.807) is 14.0 Å². The zero-order valence-electron chi connectivity index (χ0n) is 33.0. The predicted octanol–water partition coefficient (Wildman–Crippen LogP) is 5.10. The number of aromatic nitrogens is 6. The van der Waals surface area contributed by atoms with Crippen molar-refractivity contribution in [2.45, 2.75) is 19.8 Å². The van der Waals surface area contributed by atoms with E-state index in [0.717, 1.165) is 58.9 Å². The average Bonchev–Trinajstić information content (AvgIpc) is 3.76. The summed E-state index contributed by atoms with van der Waals surface area (Å²) in [5.74, 6) is -1.11. The first kappa shape index (κ1) is 50.5. The van der Waals surface area contributed by atoms with Crippen LogP contribution in [0.1, 0.15) is 19.8 Å². The number of carbonyl (C=O) groups is 6. The van der Waals surface area contributed by atoms with Crippen LogP contribution in [0, 0.1) is 6.58 Å². The van der Waals surface area contributed by atoms with Crippen LogP contribution in [0.25, 0.3) is 32.7 Å². The van der Waals surface area contributed by atoms with Crippen LogP contribution < -0.4 is 32.7 Å². The van der Waals surface area contributed by atoms with Crippen LogP contribution in [-0.2, 0) is 40.3 Å². The average molecular weight is 1040 g/mol. The fraction of sp³-hybridized carbons (Fsp3) is 0.216. The number of anilines is 3. The molecule has 7 rings (SSSR count). The number of fused-ring (bicyclic) bond motifs is 3. The van der Waals surface area contributed by atoms with Gasteiger partial charge in [-0.1, -0.05) is 47.8 Å². The quantitative estimate of drug-likeness (QED) is 0.0796. The number of amides is 5. The topological polar surface area (TPSA) is 322 Å². The first-order chi connectivity index (χ1) is 28.5. The van der Waals surface area contributed by atoms with E-state index in [1.165, 1.54) is 4.90 Å².